The van der Waals surface area contributed by atoms with Crippen LogP contribution in [0.15, 0.2) is 72.8 Å². The highest BCUT2D eigenvalue weighted by molar-refractivity contribution is 6.31. The normalized spacial score (nSPS) is 18.1. The number of piperazine rings is 2. The van der Waals surface area contributed by atoms with Gasteiger partial charge in [-0.15, -0.1) is 0 Å². The lowest BCUT2D eigenvalue weighted by molar-refractivity contribution is -0.903. The number of nitrogens with one attached hydrogen (secondary N) is 2. The van der Waals surface area contributed by atoms with Crippen LogP contribution in [0.2, 0.25) is 10.0 Å². The summed E-state index contributed by atoms with van der Waals surface area (Å²) in [6, 6.07) is 23.3. The van der Waals surface area contributed by atoms with E-state index in [4.69, 9.17) is 32.7 Å². The van der Waals surface area contributed by atoms with Crippen molar-refractivity contribution in [2.45, 2.75) is 12.2 Å². The molecule has 0 saturated carbocycles. The van der Waals surface area contributed by atoms with Crippen LogP contribution in [-0.2, 0) is 0 Å². The Morgan fingerprint density at radius 3 is 1.36 bits per heavy atom. The van der Waals surface area contributed by atoms with Gasteiger partial charge in [-0.25, -0.2) is 0 Å². The second kappa shape index (κ2) is 15.1. The SMILES string of the molecule is O[C@@H](COc1ccc(OC[C@H](O)C[NH+]2CCN(c3cccc(Cl)c3)CC2)cc1)C[NH+]1CCN(c2cccc(Cl)c2)CC1. The predicted octanol–water partition coefficient (Wildman–Crippen LogP) is 1.28. The molecule has 226 valence electrons. The molecule has 2 fully saturated rings. The first-order valence-electron chi connectivity index (χ1n) is 14.8. The molecule has 42 heavy (non-hydrogen) atoms. The molecule has 10 heteroatoms. The van der Waals surface area contributed by atoms with Gasteiger partial charge in [-0.2, -0.15) is 0 Å². The van der Waals surface area contributed by atoms with Gasteiger partial charge >= 0.3 is 0 Å². The van der Waals surface area contributed by atoms with E-state index in [1.165, 1.54) is 9.80 Å². The van der Waals surface area contributed by atoms with Crippen molar-refractivity contribution in [1.29, 1.82) is 0 Å². The van der Waals surface area contributed by atoms with E-state index in [2.05, 4.69) is 21.9 Å². The maximum atomic E-state index is 10.6. The molecule has 3 aromatic carbocycles. The van der Waals surface area contributed by atoms with Crippen molar-refractivity contribution in [2.75, 3.05) is 88.5 Å². The second-order valence-electron chi connectivity index (χ2n) is 11.2. The summed E-state index contributed by atoms with van der Waals surface area (Å²) >= 11 is 12.3. The van der Waals surface area contributed by atoms with E-state index in [1.54, 1.807) is 0 Å². The van der Waals surface area contributed by atoms with Crippen LogP contribution >= 0.6 is 23.2 Å². The van der Waals surface area contributed by atoms with E-state index in [9.17, 15) is 10.2 Å². The average Bonchev–Trinajstić information content (AvgIpc) is 3.00. The van der Waals surface area contributed by atoms with Gasteiger partial charge in [0, 0.05) is 21.4 Å². The topological polar surface area (TPSA) is 74.3 Å². The first kappa shape index (κ1) is 30.7. The van der Waals surface area contributed by atoms with Gasteiger partial charge in [0.25, 0.3) is 0 Å². The zero-order chi connectivity index (χ0) is 29.3. The average molecular weight is 618 g/mol. The third-order valence-corrected chi connectivity index (χ3v) is 8.52. The summed E-state index contributed by atoms with van der Waals surface area (Å²) in [5.41, 5.74) is 2.30. The number of hydrogen-bond donors (Lipinski definition) is 4. The van der Waals surface area contributed by atoms with Crippen LogP contribution in [0.25, 0.3) is 0 Å². The van der Waals surface area contributed by atoms with Crippen molar-refractivity contribution in [3.05, 3.63) is 82.8 Å². The van der Waals surface area contributed by atoms with Gasteiger partial charge < -0.3 is 39.3 Å². The minimum atomic E-state index is -0.543. The van der Waals surface area contributed by atoms with Crippen LogP contribution < -0.4 is 29.1 Å². The summed E-state index contributed by atoms with van der Waals surface area (Å²) in [6.45, 7) is 9.36. The molecular formula is C32H42Cl2N4O4+2. The Hall–Kier alpha value is -2.72. The first-order valence-corrected chi connectivity index (χ1v) is 15.6. The van der Waals surface area contributed by atoms with Gasteiger partial charge in [-0.05, 0) is 60.7 Å². The molecule has 8 nitrogen and oxygen atoms in total. The first-order chi connectivity index (χ1) is 20.4. The molecule has 2 saturated heterocycles. The number of aliphatic hydroxyl groups is 2. The smallest absolute Gasteiger partial charge is 0.137 e. The van der Waals surface area contributed by atoms with Crippen LogP contribution in [0.4, 0.5) is 11.4 Å². The number of rotatable bonds is 12. The van der Waals surface area contributed by atoms with E-state index in [-0.39, 0.29) is 13.2 Å². The minimum Gasteiger partial charge on any atom is -0.491 e. The molecule has 2 aliphatic rings. The maximum Gasteiger partial charge on any atom is 0.137 e. The molecule has 2 heterocycles. The lowest BCUT2D eigenvalue weighted by atomic mass is 10.2. The van der Waals surface area contributed by atoms with Gasteiger partial charge in [0.15, 0.2) is 0 Å². The predicted molar refractivity (Wildman–Crippen MR) is 168 cm³/mol. The maximum absolute atomic E-state index is 10.6. The largest absolute Gasteiger partial charge is 0.491 e. The zero-order valence-electron chi connectivity index (χ0n) is 23.9. The molecule has 4 N–H and O–H groups in total. The number of hydrogen-bond acceptors (Lipinski definition) is 6. The highest BCUT2D eigenvalue weighted by atomic mass is 35.5. The van der Waals surface area contributed by atoms with E-state index in [1.807, 2.05) is 60.7 Å². The highest BCUT2D eigenvalue weighted by Crippen LogP contribution is 2.21. The van der Waals surface area contributed by atoms with Gasteiger partial charge in [0.05, 0.1) is 52.4 Å². The summed E-state index contributed by atoms with van der Waals surface area (Å²) in [7, 11) is 0. The lowest BCUT2D eigenvalue weighted by Crippen LogP contribution is -3.16. The van der Waals surface area contributed by atoms with Crippen LogP contribution in [-0.4, -0.2) is 101 Å². The molecule has 0 spiro atoms. The van der Waals surface area contributed by atoms with Crippen molar-refractivity contribution in [3.63, 3.8) is 0 Å². The Kier molecular flexibility index (Phi) is 11.1. The van der Waals surface area contributed by atoms with E-state index < -0.39 is 12.2 Å². The standard InChI is InChI=1S/C32H40Cl2N4O4/c33-25-3-1-5-27(19-25)37-15-11-35(12-16-37)21-29(39)23-41-31-7-9-32(10-8-31)42-24-30(40)22-36-13-17-38(18-14-36)28-6-2-4-26(34)20-28/h1-10,19-20,29-30,39-40H,11-18,21-24H2/p+2/t29-,30-/m1/s1. The molecule has 0 aromatic heterocycles. The quantitative estimate of drug-likeness (QED) is 0.246. The fraction of sp³-hybridized carbons (Fsp3) is 0.438. The molecule has 5 rings (SSSR count). The molecule has 0 amide bonds. The monoisotopic (exact) mass is 616 g/mol. The third kappa shape index (κ3) is 9.14. The molecule has 2 aliphatic heterocycles. The fourth-order valence-corrected chi connectivity index (χ4v) is 6.09. The number of quaternary nitrogens is 2. The Labute approximate surface area is 258 Å². The highest BCUT2D eigenvalue weighted by Gasteiger charge is 2.24. The van der Waals surface area contributed by atoms with Gasteiger partial charge in [-0.1, -0.05) is 35.3 Å². The number of aliphatic hydroxyl groups excluding tert-OH is 2. The Bertz CT molecular complexity index is 1150. The number of halogens is 2. The summed E-state index contributed by atoms with van der Waals surface area (Å²) in [5, 5.41) is 22.6. The number of ether oxygens (including phenoxy) is 2. The van der Waals surface area contributed by atoms with E-state index in [0.717, 1.165) is 73.8 Å². The molecular weight excluding hydrogens is 575 g/mol. The van der Waals surface area contributed by atoms with Gasteiger partial charge in [0.2, 0.25) is 0 Å². The second-order valence-corrected chi connectivity index (χ2v) is 12.1. The lowest BCUT2D eigenvalue weighted by Gasteiger charge is -2.34. The van der Waals surface area contributed by atoms with Crippen molar-refractivity contribution in [3.8, 4) is 11.5 Å². The fourth-order valence-electron chi connectivity index (χ4n) is 5.72. The van der Waals surface area contributed by atoms with E-state index >= 15 is 0 Å². The Morgan fingerprint density at radius 2 is 1.00 bits per heavy atom. The van der Waals surface area contributed by atoms with Crippen LogP contribution in [0, 0.1) is 0 Å². The molecule has 0 bridgehead atoms. The van der Waals surface area contributed by atoms with Gasteiger partial charge in [0.1, 0.15) is 50.0 Å². The summed E-state index contributed by atoms with van der Waals surface area (Å²) in [5.74, 6) is 1.37. The Balaban J connectivity index is 0.956. The van der Waals surface area contributed by atoms with Crippen molar-refractivity contribution >= 4 is 34.6 Å². The minimum absolute atomic E-state index is 0.244. The van der Waals surface area contributed by atoms with Crippen LogP contribution in [0.3, 0.4) is 0 Å². The Morgan fingerprint density at radius 1 is 0.619 bits per heavy atom. The van der Waals surface area contributed by atoms with E-state index in [0.29, 0.717) is 24.6 Å². The number of benzene rings is 3. The number of nitrogens with zero attached hydrogens (tertiary/aromatic N) is 2. The molecule has 2 atom stereocenters. The van der Waals surface area contributed by atoms with Crippen molar-refractivity contribution in [2.24, 2.45) is 0 Å². The van der Waals surface area contributed by atoms with Crippen molar-refractivity contribution < 1.29 is 29.5 Å². The molecule has 3 aromatic rings. The molecule has 0 radical (unpaired) electrons. The zero-order valence-corrected chi connectivity index (χ0v) is 25.4. The van der Waals surface area contributed by atoms with Crippen molar-refractivity contribution in [1.82, 2.24) is 0 Å². The third-order valence-electron chi connectivity index (χ3n) is 8.04. The summed E-state index contributed by atoms with van der Waals surface area (Å²) in [6.07, 6.45) is -1.09. The molecule has 0 aliphatic carbocycles. The van der Waals surface area contributed by atoms with Crippen LogP contribution in [0.5, 0.6) is 11.5 Å². The summed E-state index contributed by atoms with van der Waals surface area (Å²) < 4.78 is 11.7. The van der Waals surface area contributed by atoms with Gasteiger partial charge in [-0.3, -0.25) is 0 Å². The number of anilines is 2. The summed E-state index contributed by atoms with van der Waals surface area (Å²) in [4.78, 5) is 7.42. The molecule has 0 unspecified atom stereocenters. The van der Waals surface area contributed by atoms with Crippen LogP contribution in [0.1, 0.15) is 0 Å².